The molecular formula is C22H27ClN2O4. The number of hydrogen-bond acceptors (Lipinski definition) is 5. The van der Waals surface area contributed by atoms with Gasteiger partial charge in [0.15, 0.2) is 0 Å². The number of hydrogen-bond donors (Lipinski definition) is 2. The molecule has 0 aliphatic carbocycles. The van der Waals surface area contributed by atoms with Crippen LogP contribution in [-0.4, -0.2) is 50.2 Å². The monoisotopic (exact) mass is 418 g/mol. The molecule has 2 aromatic carbocycles. The normalized spacial score (nSPS) is 20.3. The maximum absolute atomic E-state index is 11.4. The van der Waals surface area contributed by atoms with E-state index in [0.717, 1.165) is 16.9 Å². The number of nitrogens with one attached hydrogen (secondary N) is 1. The van der Waals surface area contributed by atoms with E-state index in [1.165, 1.54) is 0 Å². The molecule has 0 radical (unpaired) electrons. The molecule has 2 N–H and O–H groups in total. The summed E-state index contributed by atoms with van der Waals surface area (Å²) >= 11 is 6.01. The molecule has 3 rings (SSSR count). The summed E-state index contributed by atoms with van der Waals surface area (Å²) in [4.78, 5) is 13.7. The minimum Gasteiger partial charge on any atom is -0.481 e. The third-order valence-corrected chi connectivity index (χ3v) is 5.38. The highest BCUT2D eigenvalue weighted by atomic mass is 35.5. The molecule has 7 heteroatoms. The maximum atomic E-state index is 11.4. The zero-order chi connectivity index (χ0) is 20.8. The fourth-order valence-corrected chi connectivity index (χ4v) is 3.89. The molecule has 6 nitrogen and oxygen atoms in total. The molecule has 1 saturated heterocycles. The van der Waals surface area contributed by atoms with Crippen LogP contribution in [0, 0.1) is 0 Å². The van der Waals surface area contributed by atoms with E-state index in [9.17, 15) is 9.90 Å². The minimum absolute atomic E-state index is 0.0139. The zero-order valence-corrected chi connectivity index (χ0v) is 17.4. The lowest BCUT2D eigenvalue weighted by Crippen LogP contribution is -2.54. The van der Waals surface area contributed by atoms with E-state index < -0.39 is 5.97 Å². The van der Waals surface area contributed by atoms with Gasteiger partial charge in [-0.05, 0) is 42.8 Å². The Bertz CT molecular complexity index is 815. The molecule has 0 aromatic heterocycles. The van der Waals surface area contributed by atoms with Gasteiger partial charge in [0.1, 0.15) is 6.17 Å². The van der Waals surface area contributed by atoms with Crippen molar-refractivity contribution in [2.75, 3.05) is 37.1 Å². The van der Waals surface area contributed by atoms with Crippen LogP contribution in [0.4, 0.5) is 11.4 Å². The molecule has 3 atom stereocenters. The number of anilines is 2. The second-order valence-corrected chi connectivity index (χ2v) is 7.61. The Labute approximate surface area is 176 Å². The highest BCUT2D eigenvalue weighted by Crippen LogP contribution is 2.33. The molecule has 2 aromatic rings. The number of benzene rings is 2. The van der Waals surface area contributed by atoms with Crippen molar-refractivity contribution >= 4 is 28.9 Å². The van der Waals surface area contributed by atoms with Crippen molar-refractivity contribution in [2.24, 2.45) is 0 Å². The van der Waals surface area contributed by atoms with Crippen molar-refractivity contribution in [3.05, 3.63) is 59.1 Å². The van der Waals surface area contributed by atoms with Crippen LogP contribution in [0.1, 0.15) is 24.8 Å². The lowest BCUT2D eigenvalue weighted by Gasteiger charge is -2.43. The lowest BCUT2D eigenvalue weighted by molar-refractivity contribution is -0.137. The Morgan fingerprint density at radius 2 is 2.03 bits per heavy atom. The number of methoxy groups -OCH3 is 1. The first-order valence-electron chi connectivity index (χ1n) is 9.69. The molecule has 0 amide bonds. The van der Waals surface area contributed by atoms with E-state index in [1.54, 1.807) is 7.11 Å². The third-order valence-electron chi connectivity index (χ3n) is 5.13. The molecule has 1 fully saturated rings. The van der Waals surface area contributed by atoms with Crippen LogP contribution in [0.5, 0.6) is 0 Å². The fourth-order valence-electron chi connectivity index (χ4n) is 3.77. The number of ether oxygens (including phenoxy) is 2. The van der Waals surface area contributed by atoms with Gasteiger partial charge in [0, 0.05) is 36.0 Å². The predicted octanol–water partition coefficient (Wildman–Crippen LogP) is 4.21. The number of nitrogens with zero attached hydrogens (tertiary/aromatic N) is 1. The molecular weight excluding hydrogens is 392 g/mol. The molecule has 0 saturated carbocycles. The van der Waals surface area contributed by atoms with E-state index in [0.29, 0.717) is 24.8 Å². The van der Waals surface area contributed by atoms with Gasteiger partial charge in [-0.25, -0.2) is 0 Å². The number of morpholine rings is 1. The first-order chi connectivity index (χ1) is 14.0. The van der Waals surface area contributed by atoms with Gasteiger partial charge in [-0.15, -0.1) is 0 Å². The molecule has 156 valence electrons. The quantitative estimate of drug-likeness (QED) is 0.669. The average Bonchev–Trinajstić information content (AvgIpc) is 2.70. The van der Waals surface area contributed by atoms with Crippen molar-refractivity contribution in [1.29, 1.82) is 0 Å². The number of carboxylic acids is 1. The van der Waals surface area contributed by atoms with E-state index in [1.807, 2.05) is 55.5 Å². The molecule has 1 aliphatic heterocycles. The van der Waals surface area contributed by atoms with Crippen molar-refractivity contribution in [3.8, 4) is 0 Å². The highest BCUT2D eigenvalue weighted by molar-refractivity contribution is 6.30. The second kappa shape index (κ2) is 9.96. The van der Waals surface area contributed by atoms with Crippen molar-refractivity contribution in [3.63, 3.8) is 0 Å². The summed E-state index contributed by atoms with van der Waals surface area (Å²) < 4.78 is 11.2. The van der Waals surface area contributed by atoms with Gasteiger partial charge >= 0.3 is 5.97 Å². The number of para-hydroxylation sites is 1. The van der Waals surface area contributed by atoms with Crippen LogP contribution in [0.2, 0.25) is 5.02 Å². The molecule has 3 unspecified atom stereocenters. The number of rotatable bonds is 8. The second-order valence-electron chi connectivity index (χ2n) is 7.17. The summed E-state index contributed by atoms with van der Waals surface area (Å²) in [6, 6.07) is 15.5. The molecule has 1 heterocycles. The highest BCUT2D eigenvalue weighted by Gasteiger charge is 2.32. The Morgan fingerprint density at radius 1 is 1.31 bits per heavy atom. The molecule has 29 heavy (non-hydrogen) atoms. The van der Waals surface area contributed by atoms with Crippen molar-refractivity contribution in [1.82, 2.24) is 0 Å². The maximum Gasteiger partial charge on any atom is 0.304 e. The molecule has 0 spiro atoms. The van der Waals surface area contributed by atoms with Crippen LogP contribution in [0.3, 0.4) is 0 Å². The number of carbonyl (C=O) groups is 1. The van der Waals surface area contributed by atoms with Gasteiger partial charge in [0.25, 0.3) is 0 Å². The Kier molecular flexibility index (Phi) is 7.36. The van der Waals surface area contributed by atoms with Gasteiger partial charge < -0.3 is 24.8 Å². The number of halogens is 1. The smallest absolute Gasteiger partial charge is 0.304 e. The van der Waals surface area contributed by atoms with Crippen LogP contribution < -0.4 is 10.2 Å². The lowest BCUT2D eigenvalue weighted by atomic mass is 9.93. The van der Waals surface area contributed by atoms with Gasteiger partial charge in [-0.2, -0.15) is 0 Å². The van der Waals surface area contributed by atoms with Crippen molar-refractivity contribution in [2.45, 2.75) is 31.5 Å². The average molecular weight is 419 g/mol. The van der Waals surface area contributed by atoms with Gasteiger partial charge in [0.2, 0.25) is 0 Å². The zero-order valence-electron chi connectivity index (χ0n) is 16.7. The Balaban J connectivity index is 1.93. The van der Waals surface area contributed by atoms with E-state index in [4.69, 9.17) is 21.1 Å². The first-order valence-corrected chi connectivity index (χ1v) is 10.1. The number of carboxylic acid groups (broad SMARTS) is 1. The summed E-state index contributed by atoms with van der Waals surface area (Å²) in [5, 5.41) is 13.6. The van der Waals surface area contributed by atoms with Crippen LogP contribution in [-0.2, 0) is 14.3 Å². The van der Waals surface area contributed by atoms with Gasteiger partial charge in [-0.3, -0.25) is 4.79 Å². The number of aliphatic carboxylic acids is 1. The van der Waals surface area contributed by atoms with Gasteiger partial charge in [-0.1, -0.05) is 29.8 Å². The van der Waals surface area contributed by atoms with Gasteiger partial charge in [0.05, 0.1) is 25.7 Å². The molecule has 1 aliphatic rings. The topological polar surface area (TPSA) is 71.0 Å². The molecule has 0 bridgehead atoms. The summed E-state index contributed by atoms with van der Waals surface area (Å²) in [5.41, 5.74) is 2.91. The summed E-state index contributed by atoms with van der Waals surface area (Å²) in [7, 11) is 1.60. The standard InChI is InChI=1S/C22H27ClN2O4/c1-15-22(24-18-9-7-17(23)8-10-18)25(11-12-29-15)20-6-4-3-5-19(20)16(14-28-2)13-21(26)27/h3-10,15-16,22,24H,11-14H2,1-2H3,(H,26,27). The van der Waals surface area contributed by atoms with Crippen molar-refractivity contribution < 1.29 is 19.4 Å². The van der Waals surface area contributed by atoms with E-state index >= 15 is 0 Å². The van der Waals surface area contributed by atoms with Crippen LogP contribution in [0.15, 0.2) is 48.5 Å². The fraction of sp³-hybridized carbons (Fsp3) is 0.409. The third kappa shape index (κ3) is 5.41. The minimum atomic E-state index is -0.840. The Hall–Kier alpha value is -2.28. The summed E-state index contributed by atoms with van der Waals surface area (Å²) in [6.45, 7) is 3.67. The SMILES string of the molecule is COCC(CC(=O)O)c1ccccc1N1CCOC(C)C1Nc1ccc(Cl)cc1. The summed E-state index contributed by atoms with van der Waals surface area (Å²) in [6.07, 6.45) is -0.160. The van der Waals surface area contributed by atoms with E-state index in [2.05, 4.69) is 10.2 Å². The van der Waals surface area contributed by atoms with Crippen LogP contribution >= 0.6 is 11.6 Å². The predicted molar refractivity (Wildman–Crippen MR) is 115 cm³/mol. The Morgan fingerprint density at radius 3 is 2.72 bits per heavy atom. The largest absolute Gasteiger partial charge is 0.481 e. The first kappa shape index (κ1) is 21.4. The summed E-state index contributed by atoms with van der Waals surface area (Å²) in [5.74, 6) is -1.07. The van der Waals surface area contributed by atoms with Crippen LogP contribution in [0.25, 0.3) is 0 Å². The van der Waals surface area contributed by atoms with E-state index in [-0.39, 0.29) is 24.6 Å².